The fourth-order valence-electron chi connectivity index (χ4n) is 2.10. The molecule has 0 radical (unpaired) electrons. The van der Waals surface area contributed by atoms with Gasteiger partial charge >= 0.3 is 0 Å². The van der Waals surface area contributed by atoms with Gasteiger partial charge in [0, 0.05) is 20.1 Å². The predicted molar refractivity (Wildman–Crippen MR) is 99.4 cm³/mol. The van der Waals surface area contributed by atoms with Crippen LogP contribution in [0.25, 0.3) is 11.3 Å². The molecule has 1 N–H and O–H groups in total. The molecular weight excluding hydrogens is 407 g/mol. The van der Waals surface area contributed by atoms with Gasteiger partial charge in [-0.15, -0.1) is 11.3 Å². The minimum absolute atomic E-state index is 0.115. The summed E-state index contributed by atoms with van der Waals surface area (Å²) in [6.07, 6.45) is 0. The number of carbonyl (C=O) groups is 1. The van der Waals surface area contributed by atoms with E-state index < -0.39 is 0 Å². The standard InChI is InChI=1S/C17H13IN2OS/c1-11-19-16(10-22-11)14-4-2-3-5-15(14)20-17(21)12-6-8-13(18)9-7-12/h2-10H,1H3,(H,20,21). The maximum Gasteiger partial charge on any atom is 0.255 e. The van der Waals surface area contributed by atoms with Gasteiger partial charge in [0.1, 0.15) is 0 Å². The number of halogens is 1. The van der Waals surface area contributed by atoms with Crippen molar-refractivity contribution in [1.29, 1.82) is 0 Å². The van der Waals surface area contributed by atoms with E-state index in [0.29, 0.717) is 5.56 Å². The third-order valence-electron chi connectivity index (χ3n) is 3.18. The molecule has 0 saturated carbocycles. The molecule has 110 valence electrons. The SMILES string of the molecule is Cc1nc(-c2ccccc2NC(=O)c2ccc(I)cc2)cs1. The highest BCUT2D eigenvalue weighted by Crippen LogP contribution is 2.29. The molecule has 0 unspecified atom stereocenters. The van der Waals surface area contributed by atoms with Crippen molar-refractivity contribution in [3.8, 4) is 11.3 Å². The first-order valence-corrected chi connectivity index (χ1v) is 8.68. The summed E-state index contributed by atoms with van der Waals surface area (Å²) in [6, 6.07) is 15.2. The molecule has 0 aliphatic heterocycles. The zero-order valence-electron chi connectivity index (χ0n) is 11.8. The highest BCUT2D eigenvalue weighted by atomic mass is 127. The van der Waals surface area contributed by atoms with Crippen molar-refractivity contribution in [3.05, 3.63) is 68.1 Å². The van der Waals surface area contributed by atoms with E-state index in [-0.39, 0.29) is 5.91 Å². The maximum absolute atomic E-state index is 12.4. The van der Waals surface area contributed by atoms with Crippen LogP contribution in [-0.2, 0) is 0 Å². The molecule has 0 aliphatic carbocycles. The number of anilines is 1. The first kappa shape index (κ1) is 15.2. The molecule has 3 aromatic rings. The fourth-order valence-corrected chi connectivity index (χ4v) is 3.07. The Morgan fingerprint density at radius 2 is 1.86 bits per heavy atom. The summed E-state index contributed by atoms with van der Waals surface area (Å²) < 4.78 is 1.10. The third-order valence-corrected chi connectivity index (χ3v) is 4.67. The van der Waals surface area contributed by atoms with E-state index in [2.05, 4.69) is 32.9 Å². The highest BCUT2D eigenvalue weighted by Gasteiger charge is 2.11. The second kappa shape index (κ2) is 6.58. The summed E-state index contributed by atoms with van der Waals surface area (Å²) in [6.45, 7) is 1.97. The van der Waals surface area contributed by atoms with Crippen LogP contribution in [-0.4, -0.2) is 10.9 Å². The van der Waals surface area contributed by atoms with Crippen LogP contribution in [0, 0.1) is 10.5 Å². The summed E-state index contributed by atoms with van der Waals surface area (Å²) in [7, 11) is 0. The van der Waals surface area contributed by atoms with E-state index in [9.17, 15) is 4.79 Å². The zero-order chi connectivity index (χ0) is 15.5. The average Bonchev–Trinajstić information content (AvgIpc) is 2.95. The molecule has 0 fully saturated rings. The number of para-hydroxylation sites is 1. The lowest BCUT2D eigenvalue weighted by Gasteiger charge is -2.09. The Morgan fingerprint density at radius 1 is 1.14 bits per heavy atom. The molecule has 0 aliphatic rings. The van der Waals surface area contributed by atoms with Crippen molar-refractivity contribution in [2.75, 3.05) is 5.32 Å². The van der Waals surface area contributed by atoms with Crippen LogP contribution in [0.2, 0.25) is 0 Å². The average molecular weight is 420 g/mol. The van der Waals surface area contributed by atoms with Crippen molar-refractivity contribution >= 4 is 45.5 Å². The number of carbonyl (C=O) groups excluding carboxylic acids is 1. The van der Waals surface area contributed by atoms with Gasteiger partial charge in [-0.1, -0.05) is 18.2 Å². The molecule has 5 heteroatoms. The van der Waals surface area contributed by atoms with Gasteiger partial charge in [0.05, 0.1) is 16.4 Å². The topological polar surface area (TPSA) is 42.0 Å². The summed E-state index contributed by atoms with van der Waals surface area (Å²) >= 11 is 3.82. The Bertz CT molecular complexity index is 812. The molecule has 0 atom stereocenters. The van der Waals surface area contributed by atoms with Crippen LogP contribution in [0.3, 0.4) is 0 Å². The van der Waals surface area contributed by atoms with E-state index in [0.717, 1.165) is 25.5 Å². The molecule has 1 aromatic heterocycles. The van der Waals surface area contributed by atoms with Crippen LogP contribution in [0.1, 0.15) is 15.4 Å². The minimum Gasteiger partial charge on any atom is -0.321 e. The van der Waals surface area contributed by atoms with Gasteiger partial charge in [0.15, 0.2) is 0 Å². The van der Waals surface area contributed by atoms with E-state index >= 15 is 0 Å². The van der Waals surface area contributed by atoms with E-state index in [1.165, 1.54) is 0 Å². The lowest BCUT2D eigenvalue weighted by atomic mass is 10.1. The number of aryl methyl sites for hydroxylation is 1. The Kier molecular flexibility index (Phi) is 4.54. The van der Waals surface area contributed by atoms with Crippen LogP contribution < -0.4 is 5.32 Å². The van der Waals surface area contributed by atoms with E-state index in [1.54, 1.807) is 11.3 Å². The summed E-state index contributed by atoms with van der Waals surface area (Å²) in [5.74, 6) is -0.115. The first-order chi connectivity index (χ1) is 10.6. The largest absolute Gasteiger partial charge is 0.321 e. The molecular formula is C17H13IN2OS. The Balaban J connectivity index is 1.89. The number of nitrogens with one attached hydrogen (secondary N) is 1. The molecule has 22 heavy (non-hydrogen) atoms. The second-order valence-electron chi connectivity index (χ2n) is 4.76. The molecule has 1 heterocycles. The van der Waals surface area contributed by atoms with Crippen molar-refractivity contribution in [2.24, 2.45) is 0 Å². The molecule has 0 spiro atoms. The van der Waals surface area contributed by atoms with Crippen molar-refractivity contribution in [2.45, 2.75) is 6.92 Å². The number of hydrogen-bond donors (Lipinski definition) is 1. The van der Waals surface area contributed by atoms with Gasteiger partial charge in [-0.2, -0.15) is 0 Å². The number of rotatable bonds is 3. The fraction of sp³-hybridized carbons (Fsp3) is 0.0588. The van der Waals surface area contributed by atoms with E-state index in [1.807, 2.05) is 60.8 Å². The van der Waals surface area contributed by atoms with Gasteiger partial charge < -0.3 is 5.32 Å². The third kappa shape index (κ3) is 3.36. The van der Waals surface area contributed by atoms with Crippen LogP contribution in [0.4, 0.5) is 5.69 Å². The number of nitrogens with zero attached hydrogens (tertiary/aromatic N) is 1. The lowest BCUT2D eigenvalue weighted by molar-refractivity contribution is 0.102. The molecule has 0 saturated heterocycles. The lowest BCUT2D eigenvalue weighted by Crippen LogP contribution is -2.12. The molecule has 0 bridgehead atoms. The monoisotopic (exact) mass is 420 g/mol. The van der Waals surface area contributed by atoms with Crippen molar-refractivity contribution in [1.82, 2.24) is 4.98 Å². The summed E-state index contributed by atoms with van der Waals surface area (Å²) in [4.78, 5) is 16.9. The highest BCUT2D eigenvalue weighted by molar-refractivity contribution is 14.1. The van der Waals surface area contributed by atoms with Gasteiger partial charge in [-0.05, 0) is 59.8 Å². The quantitative estimate of drug-likeness (QED) is 0.608. The maximum atomic E-state index is 12.4. The zero-order valence-corrected chi connectivity index (χ0v) is 14.8. The van der Waals surface area contributed by atoms with Crippen LogP contribution >= 0.6 is 33.9 Å². The number of aromatic nitrogens is 1. The Hall–Kier alpha value is -1.73. The number of benzene rings is 2. The Labute approximate surface area is 146 Å². The van der Waals surface area contributed by atoms with Crippen molar-refractivity contribution in [3.63, 3.8) is 0 Å². The summed E-state index contributed by atoms with van der Waals surface area (Å²) in [5.41, 5.74) is 3.24. The molecule has 1 amide bonds. The van der Waals surface area contributed by atoms with Crippen molar-refractivity contribution < 1.29 is 4.79 Å². The van der Waals surface area contributed by atoms with Gasteiger partial charge in [0.2, 0.25) is 0 Å². The number of amides is 1. The number of thiazole rings is 1. The van der Waals surface area contributed by atoms with Gasteiger partial charge in [-0.25, -0.2) is 4.98 Å². The smallest absolute Gasteiger partial charge is 0.255 e. The first-order valence-electron chi connectivity index (χ1n) is 6.72. The molecule has 3 nitrogen and oxygen atoms in total. The van der Waals surface area contributed by atoms with E-state index in [4.69, 9.17) is 0 Å². The second-order valence-corrected chi connectivity index (χ2v) is 7.07. The molecule has 3 rings (SSSR count). The predicted octanol–water partition coefficient (Wildman–Crippen LogP) is 4.98. The normalized spacial score (nSPS) is 10.5. The number of hydrogen-bond acceptors (Lipinski definition) is 3. The van der Waals surface area contributed by atoms with Crippen LogP contribution in [0.15, 0.2) is 53.9 Å². The van der Waals surface area contributed by atoms with Gasteiger partial charge in [0.25, 0.3) is 5.91 Å². The Morgan fingerprint density at radius 3 is 2.55 bits per heavy atom. The molecule has 2 aromatic carbocycles. The summed E-state index contributed by atoms with van der Waals surface area (Å²) in [5, 5.41) is 5.99. The van der Waals surface area contributed by atoms with Gasteiger partial charge in [-0.3, -0.25) is 4.79 Å². The minimum atomic E-state index is -0.115. The van der Waals surface area contributed by atoms with Crippen LogP contribution in [0.5, 0.6) is 0 Å².